The van der Waals surface area contributed by atoms with E-state index in [1.54, 1.807) is 31.2 Å². The van der Waals surface area contributed by atoms with Crippen LogP contribution in [0, 0.1) is 11.3 Å². The molecule has 1 N–H and O–H groups in total. The number of aromatic nitrogens is 1. The van der Waals surface area contributed by atoms with Crippen LogP contribution < -0.4 is 9.64 Å². The molecule has 206 valence electrons. The standard InChI is InChI=1S/C27H27N7O4S2/c1-2-25(36)38-17-16-37-22-10-6-20(7-11-22)30-32-24-18-23-26(40-24)29-27(39-23)33-31-19-4-8-21(9-5-19)34(14-15-35)13-3-12-28/h4-11,18,35H,2-3,13-17H2,1H3. The van der Waals surface area contributed by atoms with Crippen molar-refractivity contribution in [1.29, 1.82) is 5.26 Å². The Morgan fingerprint density at radius 1 is 1.00 bits per heavy atom. The zero-order valence-corrected chi connectivity index (χ0v) is 23.4. The number of rotatable bonds is 14. The molecule has 2 heterocycles. The second-order valence-electron chi connectivity index (χ2n) is 8.20. The van der Waals surface area contributed by atoms with Crippen LogP contribution in [0.3, 0.4) is 0 Å². The van der Waals surface area contributed by atoms with Crippen LogP contribution in [-0.2, 0) is 9.53 Å². The molecule has 0 atom stereocenters. The second kappa shape index (κ2) is 14.8. The molecule has 0 amide bonds. The van der Waals surface area contributed by atoms with Crippen LogP contribution in [-0.4, -0.2) is 49.0 Å². The molecule has 0 radical (unpaired) electrons. The van der Waals surface area contributed by atoms with Crippen LogP contribution in [0.4, 0.5) is 27.2 Å². The van der Waals surface area contributed by atoms with Crippen molar-refractivity contribution in [2.24, 2.45) is 20.5 Å². The van der Waals surface area contributed by atoms with Crippen LogP contribution in [0.15, 0.2) is 75.1 Å². The van der Waals surface area contributed by atoms with Gasteiger partial charge in [-0.2, -0.15) is 5.26 Å². The van der Waals surface area contributed by atoms with Gasteiger partial charge in [0.05, 0.1) is 35.2 Å². The fourth-order valence-electron chi connectivity index (χ4n) is 3.44. The molecule has 0 aliphatic heterocycles. The minimum atomic E-state index is -0.248. The van der Waals surface area contributed by atoms with Crippen molar-refractivity contribution in [2.75, 3.05) is 37.8 Å². The summed E-state index contributed by atoms with van der Waals surface area (Å²) in [5.41, 5.74) is 2.27. The quantitative estimate of drug-likeness (QED) is 0.0945. The third kappa shape index (κ3) is 8.37. The highest BCUT2D eigenvalue weighted by Crippen LogP contribution is 2.39. The Morgan fingerprint density at radius 2 is 1.73 bits per heavy atom. The maximum Gasteiger partial charge on any atom is 0.305 e. The molecule has 0 unspecified atom stereocenters. The molecule has 4 aromatic rings. The van der Waals surface area contributed by atoms with Crippen molar-refractivity contribution in [1.82, 2.24) is 4.98 Å². The topological polar surface area (TPSA) is 145 Å². The van der Waals surface area contributed by atoms with Crippen LogP contribution in [0.1, 0.15) is 19.8 Å². The van der Waals surface area contributed by atoms with Crippen LogP contribution >= 0.6 is 22.7 Å². The molecule has 0 bridgehead atoms. The van der Waals surface area contributed by atoms with Gasteiger partial charge in [0.1, 0.15) is 28.8 Å². The number of ether oxygens (including phenoxy) is 2. The van der Waals surface area contributed by atoms with Gasteiger partial charge in [0.15, 0.2) is 0 Å². The number of fused-ring (bicyclic) bond motifs is 1. The number of benzene rings is 2. The van der Waals surface area contributed by atoms with Gasteiger partial charge >= 0.3 is 5.97 Å². The van der Waals surface area contributed by atoms with Gasteiger partial charge in [-0.05, 0) is 54.6 Å². The first-order valence-corrected chi connectivity index (χ1v) is 14.2. The summed E-state index contributed by atoms with van der Waals surface area (Å²) >= 11 is 2.84. The lowest BCUT2D eigenvalue weighted by Gasteiger charge is -2.22. The lowest BCUT2D eigenvalue weighted by molar-refractivity contribution is -0.143. The SMILES string of the molecule is CCC(=O)OCCOc1ccc(N=Nc2cc3sc(N=Nc4ccc(N(CCO)CCC#N)cc4)nc3s2)cc1. The molecule has 2 aromatic heterocycles. The number of nitrogens with zero attached hydrogens (tertiary/aromatic N) is 7. The fourth-order valence-corrected chi connectivity index (χ4v) is 5.29. The first-order chi connectivity index (χ1) is 19.6. The van der Waals surface area contributed by atoms with Gasteiger partial charge in [0, 0.05) is 25.2 Å². The molecule has 0 aliphatic rings. The average Bonchev–Trinajstić information content (AvgIpc) is 3.54. The zero-order valence-electron chi connectivity index (χ0n) is 21.8. The van der Waals surface area contributed by atoms with E-state index in [4.69, 9.17) is 14.7 Å². The predicted molar refractivity (Wildman–Crippen MR) is 155 cm³/mol. The van der Waals surface area contributed by atoms with Crippen LogP contribution in [0.5, 0.6) is 5.75 Å². The van der Waals surface area contributed by atoms with Gasteiger partial charge in [0.2, 0.25) is 5.13 Å². The number of aliphatic hydroxyl groups is 1. The molecule has 2 aromatic carbocycles. The van der Waals surface area contributed by atoms with E-state index in [0.29, 0.717) is 48.2 Å². The smallest absolute Gasteiger partial charge is 0.305 e. The number of carbonyl (C=O) groups is 1. The van der Waals surface area contributed by atoms with E-state index in [0.717, 1.165) is 20.2 Å². The van der Waals surface area contributed by atoms with Crippen molar-refractivity contribution in [3.63, 3.8) is 0 Å². The van der Waals surface area contributed by atoms with Gasteiger partial charge in [0.25, 0.3) is 0 Å². The Hall–Kier alpha value is -4.25. The Morgan fingerprint density at radius 3 is 2.40 bits per heavy atom. The summed E-state index contributed by atoms with van der Waals surface area (Å²) in [7, 11) is 0. The Balaban J connectivity index is 1.30. The van der Waals surface area contributed by atoms with Gasteiger partial charge < -0.3 is 19.5 Å². The first kappa shape index (κ1) is 28.8. The number of thiophene rings is 1. The highest BCUT2D eigenvalue weighted by molar-refractivity contribution is 7.30. The van der Waals surface area contributed by atoms with Gasteiger partial charge in [-0.25, -0.2) is 4.98 Å². The molecule has 0 saturated carbocycles. The number of esters is 1. The zero-order chi connectivity index (χ0) is 28.2. The third-order valence-corrected chi connectivity index (χ3v) is 7.33. The van der Waals surface area contributed by atoms with Crippen molar-refractivity contribution < 1.29 is 19.4 Å². The lowest BCUT2D eigenvalue weighted by Crippen LogP contribution is -2.27. The van der Waals surface area contributed by atoms with Crippen LogP contribution in [0.25, 0.3) is 9.53 Å². The number of azo groups is 2. The highest BCUT2D eigenvalue weighted by atomic mass is 32.1. The largest absolute Gasteiger partial charge is 0.490 e. The summed E-state index contributed by atoms with van der Waals surface area (Å²) in [6.07, 6.45) is 0.731. The monoisotopic (exact) mass is 577 g/mol. The number of carbonyl (C=O) groups excluding carboxylic acids is 1. The summed E-state index contributed by atoms with van der Waals surface area (Å²) in [4.78, 5) is 18.4. The fraction of sp³-hybridized carbons (Fsp3) is 0.296. The molecule has 0 fully saturated rings. The van der Waals surface area contributed by atoms with E-state index >= 15 is 0 Å². The van der Waals surface area contributed by atoms with E-state index in [-0.39, 0.29) is 25.8 Å². The van der Waals surface area contributed by atoms with E-state index < -0.39 is 0 Å². The molecule has 4 rings (SSSR count). The van der Waals surface area contributed by atoms with Crippen molar-refractivity contribution >= 4 is 65.4 Å². The second-order valence-corrected chi connectivity index (χ2v) is 10.2. The Bertz CT molecular complexity index is 1460. The van der Waals surface area contributed by atoms with Crippen molar-refractivity contribution in [3.05, 3.63) is 54.6 Å². The van der Waals surface area contributed by atoms with E-state index in [2.05, 4.69) is 31.5 Å². The van der Waals surface area contributed by atoms with Crippen molar-refractivity contribution in [2.45, 2.75) is 19.8 Å². The maximum absolute atomic E-state index is 11.1. The molecule has 0 saturated heterocycles. The molecule has 0 spiro atoms. The number of hydrogen-bond acceptors (Lipinski definition) is 13. The highest BCUT2D eigenvalue weighted by Gasteiger charge is 2.09. The molecule has 11 nitrogen and oxygen atoms in total. The van der Waals surface area contributed by atoms with E-state index in [1.165, 1.54) is 22.7 Å². The van der Waals surface area contributed by atoms with Gasteiger partial charge in [-0.15, -0.1) is 20.5 Å². The summed E-state index contributed by atoms with van der Waals surface area (Å²) in [5, 5.41) is 36.5. The first-order valence-electron chi connectivity index (χ1n) is 12.5. The lowest BCUT2D eigenvalue weighted by atomic mass is 10.2. The number of aliphatic hydroxyl groups excluding tert-OH is 1. The summed E-state index contributed by atoms with van der Waals surface area (Å²) in [6, 6.07) is 18.7. The van der Waals surface area contributed by atoms with Crippen LogP contribution in [0.2, 0.25) is 0 Å². The van der Waals surface area contributed by atoms with Gasteiger partial charge in [-0.3, -0.25) is 4.79 Å². The third-order valence-electron chi connectivity index (χ3n) is 5.40. The summed E-state index contributed by atoms with van der Waals surface area (Å²) in [6.45, 7) is 3.27. The minimum Gasteiger partial charge on any atom is -0.490 e. The number of thiazole rings is 1. The molecule has 0 aliphatic carbocycles. The molecule has 40 heavy (non-hydrogen) atoms. The Kier molecular flexibility index (Phi) is 10.6. The molecule has 13 heteroatoms. The summed E-state index contributed by atoms with van der Waals surface area (Å²) < 4.78 is 11.5. The molecular formula is C27H27N7O4S2. The number of anilines is 1. The van der Waals surface area contributed by atoms with E-state index in [1.807, 2.05) is 35.2 Å². The maximum atomic E-state index is 11.1. The average molecular weight is 578 g/mol. The summed E-state index contributed by atoms with van der Waals surface area (Å²) in [5.74, 6) is 0.409. The molecular weight excluding hydrogens is 550 g/mol. The Labute approximate surface area is 239 Å². The van der Waals surface area contributed by atoms with E-state index in [9.17, 15) is 9.90 Å². The normalized spacial score (nSPS) is 11.3. The predicted octanol–water partition coefficient (Wildman–Crippen LogP) is 7.23. The minimum absolute atomic E-state index is 0.0149. The number of hydrogen-bond donors (Lipinski definition) is 1. The number of nitriles is 1. The van der Waals surface area contributed by atoms with Gasteiger partial charge in [-0.1, -0.05) is 29.6 Å². The van der Waals surface area contributed by atoms with Crippen molar-refractivity contribution in [3.8, 4) is 11.8 Å².